The van der Waals surface area contributed by atoms with Crippen molar-refractivity contribution < 1.29 is 4.42 Å². The Hall–Kier alpha value is -3.66. The molecule has 2 heterocycles. The van der Waals surface area contributed by atoms with Crippen molar-refractivity contribution in [2.24, 2.45) is 7.05 Å². The predicted molar refractivity (Wildman–Crippen MR) is 108 cm³/mol. The van der Waals surface area contributed by atoms with E-state index in [0.29, 0.717) is 22.9 Å². The predicted octanol–water partition coefficient (Wildman–Crippen LogP) is 4.29. The highest BCUT2D eigenvalue weighted by Crippen LogP contribution is 2.29. The molecule has 0 bridgehead atoms. The fourth-order valence-corrected chi connectivity index (χ4v) is 3.11. The van der Waals surface area contributed by atoms with Crippen LogP contribution in [-0.4, -0.2) is 25.8 Å². The van der Waals surface area contributed by atoms with Crippen LogP contribution >= 0.6 is 0 Å². The molecule has 4 rings (SSSR count). The molecule has 0 saturated heterocycles. The Bertz CT molecular complexity index is 1210. The first-order valence-electron chi connectivity index (χ1n) is 9.04. The van der Waals surface area contributed by atoms with Crippen LogP contribution in [0, 0.1) is 18.3 Å². The van der Waals surface area contributed by atoms with Crippen LogP contribution in [0.3, 0.4) is 0 Å². The zero-order valence-corrected chi connectivity index (χ0v) is 16.2. The number of rotatable bonds is 4. The van der Waals surface area contributed by atoms with Crippen LogP contribution in [0.2, 0.25) is 0 Å². The minimum absolute atomic E-state index is 0.235. The summed E-state index contributed by atoms with van der Waals surface area (Å²) in [5.41, 5.74) is 4.80. The first kappa shape index (κ1) is 17.7. The third-order valence-corrected chi connectivity index (χ3v) is 4.61. The van der Waals surface area contributed by atoms with Gasteiger partial charge in [-0.05, 0) is 57.2 Å². The maximum absolute atomic E-state index is 9.45. The van der Waals surface area contributed by atoms with Gasteiger partial charge in [0.2, 0.25) is 11.8 Å². The lowest BCUT2D eigenvalue weighted by Crippen LogP contribution is -2.10. The van der Waals surface area contributed by atoms with Crippen molar-refractivity contribution in [3.05, 3.63) is 47.8 Å². The molecular weight excluding hydrogens is 352 g/mol. The molecule has 0 spiro atoms. The van der Waals surface area contributed by atoms with Gasteiger partial charge in [0.1, 0.15) is 11.9 Å². The number of aromatic nitrogens is 4. The number of nitrogens with zero attached hydrogens (tertiary/aromatic N) is 5. The fraction of sp³-hybridized carbons (Fsp3) is 0.238. The zero-order chi connectivity index (χ0) is 19.8. The molecule has 0 aliphatic rings. The number of imidazole rings is 1. The number of fused-ring (bicyclic) bond motifs is 1. The van der Waals surface area contributed by atoms with Gasteiger partial charge in [-0.1, -0.05) is 0 Å². The van der Waals surface area contributed by atoms with Crippen LogP contribution in [0.5, 0.6) is 0 Å². The van der Waals surface area contributed by atoms with E-state index in [1.54, 1.807) is 6.07 Å². The molecule has 0 amide bonds. The maximum atomic E-state index is 9.45. The molecule has 7 nitrogen and oxygen atoms in total. The Morgan fingerprint density at radius 1 is 1.07 bits per heavy atom. The first-order chi connectivity index (χ1) is 13.5. The molecule has 28 heavy (non-hydrogen) atoms. The van der Waals surface area contributed by atoms with Gasteiger partial charge in [-0.2, -0.15) is 5.26 Å². The van der Waals surface area contributed by atoms with Crippen molar-refractivity contribution in [2.75, 3.05) is 5.32 Å². The topological polar surface area (TPSA) is 92.6 Å². The average molecular weight is 372 g/mol. The second kappa shape index (κ2) is 6.82. The molecular formula is C21H20N6O. The van der Waals surface area contributed by atoms with E-state index in [-0.39, 0.29) is 6.04 Å². The lowest BCUT2D eigenvalue weighted by molar-refractivity contribution is 0.584. The summed E-state index contributed by atoms with van der Waals surface area (Å²) in [4.78, 5) is 4.51. The van der Waals surface area contributed by atoms with Crippen molar-refractivity contribution in [1.29, 1.82) is 5.26 Å². The molecule has 0 aliphatic carbocycles. The number of hydrogen-bond donors (Lipinski definition) is 1. The lowest BCUT2D eigenvalue weighted by atomic mass is 10.1. The second-order valence-electron chi connectivity index (χ2n) is 7.01. The molecule has 0 saturated carbocycles. The van der Waals surface area contributed by atoms with Crippen molar-refractivity contribution in [3.8, 4) is 29.0 Å². The maximum Gasteiger partial charge on any atom is 0.248 e. The van der Waals surface area contributed by atoms with E-state index in [1.807, 2.05) is 62.7 Å². The van der Waals surface area contributed by atoms with E-state index in [2.05, 4.69) is 26.6 Å². The van der Waals surface area contributed by atoms with Crippen LogP contribution in [0.15, 0.2) is 40.8 Å². The van der Waals surface area contributed by atoms with E-state index in [1.165, 1.54) is 0 Å². The van der Waals surface area contributed by atoms with Gasteiger partial charge in [-0.25, -0.2) is 4.98 Å². The van der Waals surface area contributed by atoms with Gasteiger partial charge in [0, 0.05) is 24.2 Å². The van der Waals surface area contributed by atoms with Crippen LogP contribution in [-0.2, 0) is 7.05 Å². The number of hydrogen-bond acceptors (Lipinski definition) is 6. The monoisotopic (exact) mass is 372 g/mol. The van der Waals surface area contributed by atoms with Gasteiger partial charge in [-0.3, -0.25) is 0 Å². The molecule has 0 atom stereocenters. The molecule has 0 radical (unpaired) electrons. The average Bonchev–Trinajstić information content (AvgIpc) is 3.27. The Labute approximate surface area is 162 Å². The summed E-state index contributed by atoms with van der Waals surface area (Å²) >= 11 is 0. The third kappa shape index (κ3) is 3.09. The van der Waals surface area contributed by atoms with Gasteiger partial charge < -0.3 is 14.3 Å². The molecule has 0 unspecified atom stereocenters. The second-order valence-corrected chi connectivity index (χ2v) is 7.01. The highest BCUT2D eigenvalue weighted by molar-refractivity contribution is 5.81. The van der Waals surface area contributed by atoms with Crippen LogP contribution in [0.25, 0.3) is 33.9 Å². The number of benzene rings is 2. The van der Waals surface area contributed by atoms with Gasteiger partial charge in [0.05, 0.1) is 22.3 Å². The first-order valence-corrected chi connectivity index (χ1v) is 9.04. The Kier molecular flexibility index (Phi) is 4.32. The van der Waals surface area contributed by atoms with Crippen LogP contribution in [0.4, 0.5) is 5.69 Å². The summed E-state index contributed by atoms with van der Waals surface area (Å²) in [6, 6.07) is 13.8. The smallest absolute Gasteiger partial charge is 0.248 e. The summed E-state index contributed by atoms with van der Waals surface area (Å²) in [6.07, 6.45) is 0. The van der Waals surface area contributed by atoms with Gasteiger partial charge in [-0.15, -0.1) is 10.2 Å². The van der Waals surface area contributed by atoms with Crippen molar-refractivity contribution >= 4 is 16.7 Å². The Morgan fingerprint density at radius 3 is 2.43 bits per heavy atom. The quantitative estimate of drug-likeness (QED) is 0.574. The lowest BCUT2D eigenvalue weighted by Gasteiger charge is -2.11. The highest BCUT2D eigenvalue weighted by Gasteiger charge is 2.14. The fourth-order valence-electron chi connectivity index (χ4n) is 3.11. The summed E-state index contributed by atoms with van der Waals surface area (Å²) in [7, 11) is 1.98. The van der Waals surface area contributed by atoms with Crippen LogP contribution < -0.4 is 5.32 Å². The number of nitriles is 1. The summed E-state index contributed by atoms with van der Waals surface area (Å²) in [5.74, 6) is 1.75. The molecule has 0 aliphatic heterocycles. The Balaban J connectivity index is 1.70. The number of aryl methyl sites for hydroxylation is 2. The summed E-state index contributed by atoms with van der Waals surface area (Å²) < 4.78 is 7.91. The molecule has 140 valence electrons. The molecule has 1 N–H and O–H groups in total. The third-order valence-electron chi connectivity index (χ3n) is 4.61. The van der Waals surface area contributed by atoms with E-state index < -0.39 is 0 Å². The SMILES string of the molecule is Cc1nc2ccc(-c3nnc(-c4ccc(NC(C)C)c(C#N)c4)o3)cc2n1C. The highest BCUT2D eigenvalue weighted by atomic mass is 16.4. The van der Waals surface area contributed by atoms with E-state index in [0.717, 1.165) is 28.1 Å². The van der Waals surface area contributed by atoms with Gasteiger partial charge >= 0.3 is 0 Å². The van der Waals surface area contributed by atoms with Crippen LogP contribution in [0.1, 0.15) is 25.2 Å². The number of anilines is 1. The van der Waals surface area contributed by atoms with E-state index in [4.69, 9.17) is 4.42 Å². The van der Waals surface area contributed by atoms with Crippen molar-refractivity contribution in [2.45, 2.75) is 26.8 Å². The van der Waals surface area contributed by atoms with Gasteiger partial charge in [0.25, 0.3) is 0 Å². The minimum atomic E-state index is 0.235. The number of nitrogens with one attached hydrogen (secondary N) is 1. The van der Waals surface area contributed by atoms with E-state index >= 15 is 0 Å². The zero-order valence-electron chi connectivity index (χ0n) is 16.2. The minimum Gasteiger partial charge on any atom is -0.416 e. The largest absolute Gasteiger partial charge is 0.416 e. The molecule has 0 fully saturated rings. The standard InChI is InChI=1S/C21H20N6O/c1-12(2)23-17-7-5-14(9-16(17)11-22)20-25-26-21(28-20)15-6-8-18-19(10-15)27(4)13(3)24-18/h5-10,12,23H,1-4H3. The van der Waals surface area contributed by atoms with Gasteiger partial charge in [0.15, 0.2) is 0 Å². The summed E-state index contributed by atoms with van der Waals surface area (Å²) in [5, 5.41) is 21.1. The molecule has 4 aromatic rings. The van der Waals surface area contributed by atoms with Crippen molar-refractivity contribution in [3.63, 3.8) is 0 Å². The van der Waals surface area contributed by atoms with Crippen molar-refractivity contribution in [1.82, 2.24) is 19.7 Å². The normalized spacial score (nSPS) is 11.1. The summed E-state index contributed by atoms with van der Waals surface area (Å²) in [6.45, 7) is 6.02. The molecule has 2 aromatic heterocycles. The molecule has 2 aromatic carbocycles. The van der Waals surface area contributed by atoms with E-state index in [9.17, 15) is 5.26 Å². The molecule has 7 heteroatoms. The Morgan fingerprint density at radius 2 is 1.75 bits per heavy atom.